The molecule has 1 amide bonds. The fourth-order valence-corrected chi connectivity index (χ4v) is 3.38. The Bertz CT molecular complexity index is 1360. The van der Waals surface area contributed by atoms with Crippen LogP contribution in [0.4, 0.5) is 17.5 Å². The second kappa shape index (κ2) is 8.61. The molecule has 32 heavy (non-hydrogen) atoms. The average Bonchev–Trinajstić information content (AvgIpc) is 2.77. The first-order valence-electron chi connectivity index (χ1n) is 9.50. The largest absolute Gasteiger partial charge is 0.478 e. The van der Waals surface area contributed by atoms with Crippen LogP contribution in [0.5, 0.6) is 0 Å². The van der Waals surface area contributed by atoms with E-state index in [9.17, 15) is 14.7 Å². The predicted octanol–water partition coefficient (Wildman–Crippen LogP) is 2.83. The zero-order valence-corrected chi connectivity index (χ0v) is 17.4. The van der Waals surface area contributed by atoms with Gasteiger partial charge in [0.15, 0.2) is 5.82 Å². The molecule has 4 aromatic rings. The average molecular weight is 452 g/mol. The number of hydrogen-bond donors (Lipinski definition) is 4. The Balaban J connectivity index is 1.91. The van der Waals surface area contributed by atoms with Crippen molar-refractivity contribution in [3.05, 3.63) is 59.2 Å². The Labute approximate surface area is 186 Å². The molecule has 0 saturated heterocycles. The monoisotopic (exact) mass is 451 g/mol. The number of carbonyl (C=O) groups excluding carboxylic acids is 1. The van der Waals surface area contributed by atoms with Crippen molar-refractivity contribution in [2.75, 3.05) is 16.9 Å². The van der Waals surface area contributed by atoms with Crippen molar-refractivity contribution in [1.29, 1.82) is 0 Å². The smallest absolute Gasteiger partial charge is 0.335 e. The highest BCUT2D eigenvalue weighted by molar-refractivity contribution is 6.30. The van der Waals surface area contributed by atoms with Gasteiger partial charge in [-0.25, -0.2) is 25.6 Å². The van der Waals surface area contributed by atoms with E-state index in [2.05, 4.69) is 20.3 Å². The lowest BCUT2D eigenvalue weighted by atomic mass is 10.1. The highest BCUT2D eigenvalue weighted by atomic mass is 35.5. The van der Waals surface area contributed by atoms with Gasteiger partial charge in [-0.3, -0.25) is 9.80 Å². The van der Waals surface area contributed by atoms with Gasteiger partial charge in [0.2, 0.25) is 11.9 Å². The maximum absolute atomic E-state index is 11.4. The summed E-state index contributed by atoms with van der Waals surface area (Å²) in [5.41, 5.74) is 6.67. The van der Waals surface area contributed by atoms with Gasteiger partial charge in [-0.15, -0.1) is 0 Å². The summed E-state index contributed by atoms with van der Waals surface area (Å²) in [7, 11) is 0. The molecule has 0 aliphatic rings. The minimum atomic E-state index is -1.07. The van der Waals surface area contributed by atoms with Crippen molar-refractivity contribution in [2.24, 2.45) is 11.6 Å². The van der Waals surface area contributed by atoms with Gasteiger partial charge in [-0.05, 0) is 30.3 Å². The van der Waals surface area contributed by atoms with Crippen LogP contribution >= 0.6 is 11.6 Å². The number of rotatable bonds is 7. The predicted molar refractivity (Wildman–Crippen MR) is 122 cm³/mol. The molecular formula is C21H18ClN7O3. The van der Waals surface area contributed by atoms with Crippen LogP contribution in [0.25, 0.3) is 21.8 Å². The Morgan fingerprint density at radius 2 is 1.94 bits per heavy atom. The number of carboxylic acid groups (broad SMARTS) is 1. The van der Waals surface area contributed by atoms with Gasteiger partial charge in [0.1, 0.15) is 5.52 Å². The Morgan fingerprint density at radius 3 is 2.66 bits per heavy atom. The van der Waals surface area contributed by atoms with Crippen molar-refractivity contribution >= 4 is 62.7 Å². The number of fused-ring (bicyclic) bond motifs is 3. The number of amides is 1. The summed E-state index contributed by atoms with van der Waals surface area (Å²) in [6.07, 6.45) is 1.71. The lowest BCUT2D eigenvalue weighted by molar-refractivity contribution is -0.117. The number of primary amides is 1. The number of nitrogens with one attached hydrogen (secondary N) is 1. The number of halogens is 1. The third-order valence-corrected chi connectivity index (χ3v) is 4.97. The van der Waals surface area contributed by atoms with E-state index in [0.717, 1.165) is 0 Å². The van der Waals surface area contributed by atoms with Crippen LogP contribution in [0.3, 0.4) is 0 Å². The summed E-state index contributed by atoms with van der Waals surface area (Å²) in [6, 6.07) is 11.5. The summed E-state index contributed by atoms with van der Waals surface area (Å²) in [6.45, 7) is 0.264. The number of pyridine rings is 1. The molecule has 2 heterocycles. The quantitative estimate of drug-likeness (QED) is 0.188. The van der Waals surface area contributed by atoms with Crippen LogP contribution in [0.1, 0.15) is 16.8 Å². The number of aromatic carboxylic acids is 1. The van der Waals surface area contributed by atoms with Crippen LogP contribution in [-0.4, -0.2) is 38.5 Å². The Hall–Kier alpha value is -4.02. The first kappa shape index (κ1) is 21.2. The molecule has 2 aromatic heterocycles. The van der Waals surface area contributed by atoms with E-state index < -0.39 is 11.9 Å². The van der Waals surface area contributed by atoms with E-state index in [1.165, 1.54) is 17.1 Å². The molecule has 162 valence electrons. The second-order valence-corrected chi connectivity index (χ2v) is 7.36. The number of nitrogens with two attached hydrogens (primary N) is 2. The zero-order chi connectivity index (χ0) is 22.8. The number of carboxylic acids is 1. The number of aromatic nitrogens is 3. The fourth-order valence-electron chi connectivity index (χ4n) is 3.20. The third kappa shape index (κ3) is 4.22. The molecule has 11 heteroatoms. The summed E-state index contributed by atoms with van der Waals surface area (Å²) in [4.78, 5) is 35.9. The maximum Gasteiger partial charge on any atom is 0.335 e. The highest BCUT2D eigenvalue weighted by Crippen LogP contribution is 2.33. The van der Waals surface area contributed by atoms with Crippen molar-refractivity contribution in [1.82, 2.24) is 15.0 Å². The molecule has 0 aliphatic heterocycles. The number of carbonyl (C=O) groups is 2. The van der Waals surface area contributed by atoms with Crippen LogP contribution in [0.2, 0.25) is 5.02 Å². The Morgan fingerprint density at radius 1 is 1.12 bits per heavy atom. The summed E-state index contributed by atoms with van der Waals surface area (Å²) >= 11 is 6.11. The molecule has 0 atom stereocenters. The molecule has 4 rings (SSSR count). The van der Waals surface area contributed by atoms with E-state index in [-0.39, 0.29) is 30.3 Å². The second-order valence-electron chi connectivity index (χ2n) is 6.92. The summed E-state index contributed by atoms with van der Waals surface area (Å²) in [5.74, 6) is 5.41. The number of nitrogens with zero attached hydrogens (tertiary/aromatic N) is 4. The molecule has 2 aromatic carbocycles. The standard InChI is InChI=1S/C21H18ClN7O3/c22-12-2-1-3-13(9-12)29(24)19-18-15(10-26-21(28-18)25-7-6-17(23)30)14-5-4-11(20(31)32)8-16(14)27-19/h1-5,8-10H,6-7,24H2,(H2,23,30)(H,31,32)(H,25,26,28). The molecule has 0 unspecified atom stereocenters. The van der Waals surface area contributed by atoms with E-state index >= 15 is 0 Å². The number of benzene rings is 2. The van der Waals surface area contributed by atoms with Crippen LogP contribution < -0.4 is 21.9 Å². The normalized spacial score (nSPS) is 10.9. The van der Waals surface area contributed by atoms with Crippen molar-refractivity contribution in [2.45, 2.75) is 6.42 Å². The van der Waals surface area contributed by atoms with Gasteiger partial charge in [0.05, 0.1) is 16.8 Å². The van der Waals surface area contributed by atoms with E-state index in [4.69, 9.17) is 23.2 Å². The van der Waals surface area contributed by atoms with Gasteiger partial charge in [0, 0.05) is 35.0 Å². The molecule has 0 radical (unpaired) electrons. The SMILES string of the molecule is NC(=O)CCNc1ncc2c(n1)c(N(N)c1cccc(Cl)c1)nc1cc(C(=O)O)ccc12. The van der Waals surface area contributed by atoms with Gasteiger partial charge < -0.3 is 16.2 Å². The first-order chi connectivity index (χ1) is 15.3. The lowest BCUT2D eigenvalue weighted by Crippen LogP contribution is -2.26. The number of hydrogen-bond acceptors (Lipinski definition) is 8. The summed E-state index contributed by atoms with van der Waals surface area (Å²) < 4.78 is 0. The van der Waals surface area contributed by atoms with Gasteiger partial charge >= 0.3 is 5.97 Å². The topological polar surface area (TPSA) is 160 Å². The third-order valence-electron chi connectivity index (χ3n) is 4.73. The van der Waals surface area contributed by atoms with Crippen molar-refractivity contribution in [3.8, 4) is 0 Å². The van der Waals surface area contributed by atoms with Crippen LogP contribution in [0, 0.1) is 0 Å². The van der Waals surface area contributed by atoms with Gasteiger partial charge in [-0.2, -0.15) is 0 Å². The molecule has 0 fully saturated rings. The number of hydrazine groups is 1. The molecular weight excluding hydrogens is 434 g/mol. The first-order valence-corrected chi connectivity index (χ1v) is 9.87. The van der Waals surface area contributed by atoms with E-state index in [0.29, 0.717) is 32.5 Å². The van der Waals surface area contributed by atoms with Crippen LogP contribution in [-0.2, 0) is 4.79 Å². The minimum Gasteiger partial charge on any atom is -0.478 e. The summed E-state index contributed by atoms with van der Waals surface area (Å²) in [5, 5.41) is 15.4. The van der Waals surface area contributed by atoms with E-state index in [1.54, 1.807) is 36.5 Å². The molecule has 0 bridgehead atoms. The Kier molecular flexibility index (Phi) is 5.71. The van der Waals surface area contributed by atoms with Gasteiger partial charge in [0.25, 0.3) is 0 Å². The molecule has 10 nitrogen and oxygen atoms in total. The fraction of sp³-hybridized carbons (Fsp3) is 0.0952. The maximum atomic E-state index is 11.4. The van der Waals surface area contributed by atoms with Gasteiger partial charge in [-0.1, -0.05) is 23.7 Å². The molecule has 6 N–H and O–H groups in total. The molecule has 0 spiro atoms. The lowest BCUT2D eigenvalue weighted by Gasteiger charge is -2.20. The van der Waals surface area contributed by atoms with E-state index in [1.807, 2.05) is 0 Å². The molecule has 0 aliphatic carbocycles. The van der Waals surface area contributed by atoms with Crippen LogP contribution in [0.15, 0.2) is 48.7 Å². The highest BCUT2D eigenvalue weighted by Gasteiger charge is 2.18. The van der Waals surface area contributed by atoms with Crippen molar-refractivity contribution < 1.29 is 14.7 Å². The number of anilines is 3. The molecule has 0 saturated carbocycles. The minimum absolute atomic E-state index is 0.0901. The van der Waals surface area contributed by atoms with Crippen molar-refractivity contribution in [3.63, 3.8) is 0 Å². The zero-order valence-electron chi connectivity index (χ0n) is 16.6.